The minimum absolute atomic E-state index is 0.643. The van der Waals surface area contributed by atoms with Gasteiger partial charge < -0.3 is 14.0 Å². The number of hydrogen-bond acceptors (Lipinski definition) is 3. The van der Waals surface area contributed by atoms with E-state index >= 15 is 0 Å². The van der Waals surface area contributed by atoms with Crippen molar-refractivity contribution in [1.29, 1.82) is 0 Å². The van der Waals surface area contributed by atoms with Gasteiger partial charge in [0, 0.05) is 12.8 Å². The molecule has 0 N–H and O–H groups in total. The van der Waals surface area contributed by atoms with E-state index < -0.39 is 7.14 Å². The quantitative estimate of drug-likeness (QED) is 0.372. The molecule has 1 aromatic heterocycles. The normalized spacial score (nSPS) is 11.9. The molecule has 0 radical (unpaired) electrons. The summed E-state index contributed by atoms with van der Waals surface area (Å²) >= 11 is 0. The first kappa shape index (κ1) is 16.4. The standard InChI is InChI=1S/C13H26N2O3P/c1-4-17-10-11-18-9-7-14-5-6-15(13-14)8-12-19(2,3)16/h5-6,13H,4,7-12H2,1-3H3/q+1. The first-order chi connectivity index (χ1) is 9.01. The molecule has 0 aliphatic rings. The van der Waals surface area contributed by atoms with Crippen molar-refractivity contribution in [3.8, 4) is 0 Å². The maximum Gasteiger partial charge on any atom is 0.243 e. The summed E-state index contributed by atoms with van der Waals surface area (Å²) in [6, 6.07) is 0. The Morgan fingerprint density at radius 3 is 2.63 bits per heavy atom. The Bertz CT molecular complexity index is 400. The molecule has 1 heterocycles. The van der Waals surface area contributed by atoms with E-state index in [0.29, 0.717) is 19.8 Å². The largest absolute Gasteiger partial charge is 0.379 e. The van der Waals surface area contributed by atoms with E-state index in [1.165, 1.54) is 0 Å². The Hall–Kier alpha value is -0.640. The highest BCUT2D eigenvalue weighted by Gasteiger charge is 2.10. The van der Waals surface area contributed by atoms with Gasteiger partial charge in [-0.15, -0.1) is 0 Å². The summed E-state index contributed by atoms with van der Waals surface area (Å²) in [6.07, 6.45) is 6.80. The molecule has 0 fully saturated rings. The fraction of sp³-hybridized carbons (Fsp3) is 0.769. The van der Waals surface area contributed by atoms with Crippen LogP contribution >= 0.6 is 7.14 Å². The molecule has 110 valence electrons. The van der Waals surface area contributed by atoms with Gasteiger partial charge in [0.15, 0.2) is 0 Å². The lowest BCUT2D eigenvalue weighted by Gasteiger charge is -2.03. The molecule has 0 aromatic carbocycles. The number of aromatic nitrogens is 2. The molecular formula is C13H26N2O3P+. The summed E-state index contributed by atoms with van der Waals surface area (Å²) in [7, 11) is -1.93. The molecule has 0 amide bonds. The van der Waals surface area contributed by atoms with Gasteiger partial charge in [-0.25, -0.2) is 9.13 Å². The van der Waals surface area contributed by atoms with Crippen LogP contribution in [0, 0.1) is 0 Å². The number of rotatable bonds is 10. The van der Waals surface area contributed by atoms with Crippen molar-refractivity contribution in [2.45, 2.75) is 20.0 Å². The van der Waals surface area contributed by atoms with Crippen LogP contribution in [0.15, 0.2) is 18.7 Å². The summed E-state index contributed by atoms with van der Waals surface area (Å²) in [5.74, 6) is 0. The van der Waals surface area contributed by atoms with E-state index in [-0.39, 0.29) is 0 Å². The lowest BCUT2D eigenvalue weighted by molar-refractivity contribution is -0.698. The molecule has 0 unspecified atom stereocenters. The van der Waals surface area contributed by atoms with Crippen molar-refractivity contribution in [3.63, 3.8) is 0 Å². The number of imidazole rings is 1. The van der Waals surface area contributed by atoms with E-state index in [0.717, 1.165) is 25.9 Å². The van der Waals surface area contributed by atoms with Crippen LogP contribution in [-0.2, 0) is 27.1 Å². The average molecular weight is 289 g/mol. The number of ether oxygens (including phenoxy) is 2. The van der Waals surface area contributed by atoms with E-state index in [2.05, 4.69) is 9.13 Å². The molecule has 6 heteroatoms. The van der Waals surface area contributed by atoms with Crippen LogP contribution in [0.25, 0.3) is 0 Å². The number of aryl methyl sites for hydroxylation is 1. The smallest absolute Gasteiger partial charge is 0.243 e. The minimum atomic E-state index is -1.93. The van der Waals surface area contributed by atoms with Crippen molar-refractivity contribution < 1.29 is 18.6 Å². The van der Waals surface area contributed by atoms with E-state index in [1.54, 1.807) is 0 Å². The Labute approximate surface area is 115 Å². The number of hydrogen-bond donors (Lipinski definition) is 0. The highest BCUT2D eigenvalue weighted by atomic mass is 31.2. The molecule has 0 aliphatic carbocycles. The summed E-state index contributed by atoms with van der Waals surface area (Å²) < 4.78 is 26.4. The van der Waals surface area contributed by atoms with Gasteiger partial charge in [-0.1, -0.05) is 0 Å². The van der Waals surface area contributed by atoms with E-state index in [1.807, 2.05) is 39.0 Å². The van der Waals surface area contributed by atoms with Crippen molar-refractivity contribution in [2.75, 3.05) is 45.9 Å². The van der Waals surface area contributed by atoms with Crippen LogP contribution in [0.5, 0.6) is 0 Å². The maximum atomic E-state index is 11.6. The summed E-state index contributed by atoms with van der Waals surface area (Å²) in [4.78, 5) is 0. The first-order valence-corrected chi connectivity index (χ1v) is 9.54. The predicted molar refractivity (Wildman–Crippen MR) is 76.3 cm³/mol. The van der Waals surface area contributed by atoms with Crippen molar-refractivity contribution >= 4 is 7.14 Å². The molecule has 0 atom stereocenters. The van der Waals surface area contributed by atoms with Crippen LogP contribution < -0.4 is 4.57 Å². The Balaban J connectivity index is 2.18. The van der Waals surface area contributed by atoms with Gasteiger partial charge in [0.2, 0.25) is 6.33 Å². The third-order valence-corrected chi connectivity index (χ3v) is 3.99. The molecule has 0 bridgehead atoms. The predicted octanol–water partition coefficient (Wildman–Crippen LogP) is 1.45. The zero-order chi connectivity index (χ0) is 14.1. The van der Waals surface area contributed by atoms with Crippen LogP contribution in [0.4, 0.5) is 0 Å². The molecule has 5 nitrogen and oxygen atoms in total. The number of nitrogens with zero attached hydrogens (tertiary/aromatic N) is 2. The average Bonchev–Trinajstić information content (AvgIpc) is 2.78. The van der Waals surface area contributed by atoms with Gasteiger partial charge >= 0.3 is 0 Å². The Kier molecular flexibility index (Phi) is 7.36. The molecule has 0 spiro atoms. The van der Waals surface area contributed by atoms with Gasteiger partial charge in [-0.05, 0) is 20.3 Å². The lowest BCUT2D eigenvalue weighted by Crippen LogP contribution is -2.34. The third-order valence-electron chi connectivity index (χ3n) is 2.71. The van der Waals surface area contributed by atoms with Crippen LogP contribution in [0.1, 0.15) is 6.92 Å². The Morgan fingerprint density at radius 1 is 1.21 bits per heavy atom. The van der Waals surface area contributed by atoms with Gasteiger partial charge in [-0.2, -0.15) is 0 Å². The molecule has 0 saturated heterocycles. The SMILES string of the molecule is CCOCCOCC[n+]1ccn(CCP(C)(C)=O)c1. The van der Waals surface area contributed by atoms with Gasteiger partial charge in [0.25, 0.3) is 0 Å². The molecule has 0 aliphatic heterocycles. The van der Waals surface area contributed by atoms with Gasteiger partial charge in [0.1, 0.15) is 18.9 Å². The lowest BCUT2D eigenvalue weighted by atomic mass is 10.6. The topological polar surface area (TPSA) is 44.3 Å². The second-order valence-corrected chi connectivity index (χ2v) is 8.59. The zero-order valence-corrected chi connectivity index (χ0v) is 13.1. The maximum absolute atomic E-state index is 11.6. The zero-order valence-electron chi connectivity index (χ0n) is 12.2. The molecule has 0 saturated carbocycles. The molecule has 1 aromatic rings. The summed E-state index contributed by atoms with van der Waals surface area (Å²) in [5.41, 5.74) is 0. The van der Waals surface area contributed by atoms with Crippen LogP contribution in [-0.4, -0.2) is 50.5 Å². The van der Waals surface area contributed by atoms with Crippen molar-refractivity contribution in [1.82, 2.24) is 4.57 Å². The summed E-state index contributed by atoms with van der Waals surface area (Å²) in [6.45, 7) is 9.99. The van der Waals surface area contributed by atoms with Crippen molar-refractivity contribution in [3.05, 3.63) is 18.7 Å². The first-order valence-electron chi connectivity index (χ1n) is 6.75. The van der Waals surface area contributed by atoms with Crippen LogP contribution in [0.3, 0.4) is 0 Å². The van der Waals surface area contributed by atoms with Gasteiger partial charge in [0.05, 0.1) is 33.5 Å². The molecule has 1 rings (SSSR count). The summed E-state index contributed by atoms with van der Waals surface area (Å²) in [5, 5.41) is 0. The van der Waals surface area contributed by atoms with Gasteiger partial charge in [-0.3, -0.25) is 0 Å². The minimum Gasteiger partial charge on any atom is -0.379 e. The third kappa shape index (κ3) is 8.19. The molecular weight excluding hydrogens is 263 g/mol. The monoisotopic (exact) mass is 289 g/mol. The fourth-order valence-electron chi connectivity index (χ4n) is 1.59. The van der Waals surface area contributed by atoms with Crippen molar-refractivity contribution in [2.24, 2.45) is 0 Å². The highest BCUT2D eigenvalue weighted by Crippen LogP contribution is 2.35. The van der Waals surface area contributed by atoms with Crippen LogP contribution in [0.2, 0.25) is 0 Å². The second kappa shape index (κ2) is 8.51. The Morgan fingerprint density at radius 2 is 1.95 bits per heavy atom. The highest BCUT2D eigenvalue weighted by molar-refractivity contribution is 7.62. The second-order valence-electron chi connectivity index (χ2n) is 5.00. The fourth-order valence-corrected chi connectivity index (χ4v) is 2.31. The van der Waals surface area contributed by atoms with E-state index in [9.17, 15) is 4.57 Å². The molecule has 19 heavy (non-hydrogen) atoms. The van der Waals surface area contributed by atoms with E-state index in [4.69, 9.17) is 9.47 Å².